The quantitative estimate of drug-likeness (QED) is 0.770. The van der Waals surface area contributed by atoms with Gasteiger partial charge in [0.25, 0.3) is 0 Å². The molecule has 0 bridgehead atoms. The van der Waals surface area contributed by atoms with Crippen LogP contribution >= 0.6 is 11.8 Å². The predicted molar refractivity (Wildman–Crippen MR) is 64.5 cm³/mol. The summed E-state index contributed by atoms with van der Waals surface area (Å²) in [4.78, 5) is 1.33. The van der Waals surface area contributed by atoms with Gasteiger partial charge >= 0.3 is 0 Å². The lowest BCUT2D eigenvalue weighted by molar-refractivity contribution is 0.642. The van der Waals surface area contributed by atoms with Gasteiger partial charge in [0.15, 0.2) is 0 Å². The lowest BCUT2D eigenvalue weighted by Gasteiger charge is -2.15. The summed E-state index contributed by atoms with van der Waals surface area (Å²) in [7, 11) is 0. The van der Waals surface area contributed by atoms with Crippen molar-refractivity contribution < 1.29 is 0 Å². The maximum absolute atomic E-state index is 5.60. The largest absolute Gasteiger partial charge is 0.326 e. The fourth-order valence-corrected chi connectivity index (χ4v) is 2.17. The van der Waals surface area contributed by atoms with E-state index < -0.39 is 0 Å². The Hall–Kier alpha value is -0.470. The lowest BCUT2D eigenvalue weighted by atomic mass is 10.2. The van der Waals surface area contributed by atoms with Gasteiger partial charge in [0.1, 0.15) is 0 Å². The molecule has 2 heteroatoms. The second-order valence-corrected chi connectivity index (χ2v) is 5.37. The molecule has 0 aliphatic carbocycles. The SMILES string of the molecule is CC(C)C(C)Sc1cccc(CN)c1. The van der Waals surface area contributed by atoms with Gasteiger partial charge in [0.05, 0.1) is 0 Å². The minimum absolute atomic E-state index is 0.629. The van der Waals surface area contributed by atoms with E-state index in [0.29, 0.717) is 17.7 Å². The van der Waals surface area contributed by atoms with Gasteiger partial charge in [-0.15, -0.1) is 11.8 Å². The van der Waals surface area contributed by atoms with Crippen molar-refractivity contribution in [2.24, 2.45) is 11.7 Å². The minimum Gasteiger partial charge on any atom is -0.326 e. The maximum Gasteiger partial charge on any atom is 0.0178 e. The predicted octanol–water partition coefficient (Wildman–Crippen LogP) is 3.28. The summed E-state index contributed by atoms with van der Waals surface area (Å²) in [6, 6.07) is 8.49. The smallest absolute Gasteiger partial charge is 0.0178 e. The van der Waals surface area contributed by atoms with Crippen molar-refractivity contribution in [2.45, 2.75) is 37.5 Å². The van der Waals surface area contributed by atoms with E-state index in [-0.39, 0.29) is 0 Å². The molecule has 0 fully saturated rings. The fourth-order valence-electron chi connectivity index (χ4n) is 1.10. The van der Waals surface area contributed by atoms with Gasteiger partial charge in [-0.25, -0.2) is 0 Å². The Balaban J connectivity index is 2.66. The second kappa shape index (κ2) is 5.42. The minimum atomic E-state index is 0.629. The topological polar surface area (TPSA) is 26.0 Å². The highest BCUT2D eigenvalue weighted by molar-refractivity contribution is 8.00. The Morgan fingerprint density at radius 3 is 2.57 bits per heavy atom. The van der Waals surface area contributed by atoms with Crippen LogP contribution in [-0.2, 0) is 6.54 Å². The average Bonchev–Trinajstić information content (AvgIpc) is 2.18. The van der Waals surface area contributed by atoms with Crippen molar-refractivity contribution in [1.82, 2.24) is 0 Å². The Labute approximate surface area is 91.1 Å². The van der Waals surface area contributed by atoms with Gasteiger partial charge in [-0.1, -0.05) is 32.9 Å². The number of hydrogen-bond donors (Lipinski definition) is 1. The number of rotatable bonds is 4. The van der Waals surface area contributed by atoms with E-state index in [1.54, 1.807) is 0 Å². The van der Waals surface area contributed by atoms with Gasteiger partial charge < -0.3 is 5.73 Å². The molecule has 0 saturated heterocycles. The van der Waals surface area contributed by atoms with Crippen LogP contribution in [0.5, 0.6) is 0 Å². The lowest BCUT2D eigenvalue weighted by Crippen LogP contribution is -2.05. The molecular formula is C12H19NS. The molecule has 0 aliphatic heterocycles. The highest BCUT2D eigenvalue weighted by Crippen LogP contribution is 2.27. The van der Waals surface area contributed by atoms with Crippen molar-refractivity contribution in [3.05, 3.63) is 29.8 Å². The standard InChI is InChI=1S/C12H19NS/c1-9(2)10(3)14-12-6-4-5-11(7-12)8-13/h4-7,9-10H,8,13H2,1-3H3. The maximum atomic E-state index is 5.60. The van der Waals surface area contributed by atoms with Crippen LogP contribution < -0.4 is 5.73 Å². The summed E-state index contributed by atoms with van der Waals surface area (Å²) in [6.45, 7) is 7.41. The van der Waals surface area contributed by atoms with Crippen LogP contribution in [0.25, 0.3) is 0 Å². The molecule has 1 atom stereocenters. The van der Waals surface area contributed by atoms with Crippen LogP contribution in [-0.4, -0.2) is 5.25 Å². The molecule has 1 aromatic rings. The average molecular weight is 209 g/mol. The summed E-state index contributed by atoms with van der Waals surface area (Å²) in [5, 5.41) is 0.656. The summed E-state index contributed by atoms with van der Waals surface area (Å²) < 4.78 is 0. The number of thioether (sulfide) groups is 1. The Morgan fingerprint density at radius 2 is 2.00 bits per heavy atom. The second-order valence-electron chi connectivity index (χ2n) is 3.92. The molecule has 1 aromatic carbocycles. The van der Waals surface area contributed by atoms with Crippen LogP contribution in [0.15, 0.2) is 29.2 Å². The van der Waals surface area contributed by atoms with Crippen LogP contribution in [0.1, 0.15) is 26.3 Å². The van der Waals surface area contributed by atoms with Gasteiger partial charge in [0, 0.05) is 16.7 Å². The van der Waals surface area contributed by atoms with Crippen LogP contribution in [0.2, 0.25) is 0 Å². The molecule has 0 saturated carbocycles. The molecule has 2 N–H and O–H groups in total. The molecule has 0 aliphatic rings. The Bertz CT molecular complexity index is 283. The Kier molecular flexibility index (Phi) is 4.49. The van der Waals surface area contributed by atoms with E-state index in [1.165, 1.54) is 10.5 Å². The fraction of sp³-hybridized carbons (Fsp3) is 0.500. The van der Waals surface area contributed by atoms with E-state index in [2.05, 4.69) is 45.0 Å². The van der Waals surface area contributed by atoms with E-state index in [9.17, 15) is 0 Å². The first-order valence-electron chi connectivity index (χ1n) is 5.09. The van der Waals surface area contributed by atoms with Crippen molar-refractivity contribution >= 4 is 11.8 Å². The third-order valence-electron chi connectivity index (χ3n) is 2.39. The van der Waals surface area contributed by atoms with Crippen molar-refractivity contribution in [1.29, 1.82) is 0 Å². The van der Waals surface area contributed by atoms with Crippen molar-refractivity contribution in [2.75, 3.05) is 0 Å². The Morgan fingerprint density at radius 1 is 1.29 bits per heavy atom. The van der Waals surface area contributed by atoms with E-state index in [4.69, 9.17) is 5.73 Å². The zero-order chi connectivity index (χ0) is 10.6. The molecule has 0 spiro atoms. The molecule has 0 amide bonds. The number of benzene rings is 1. The highest BCUT2D eigenvalue weighted by Gasteiger charge is 2.08. The normalized spacial score (nSPS) is 13.2. The highest BCUT2D eigenvalue weighted by atomic mass is 32.2. The third-order valence-corrected chi connectivity index (χ3v) is 3.84. The first kappa shape index (κ1) is 11.6. The summed E-state index contributed by atoms with van der Waals surface area (Å²) in [5.41, 5.74) is 6.81. The van der Waals surface area contributed by atoms with Gasteiger partial charge in [-0.3, -0.25) is 0 Å². The van der Waals surface area contributed by atoms with Crippen molar-refractivity contribution in [3.63, 3.8) is 0 Å². The van der Waals surface area contributed by atoms with Gasteiger partial charge in [-0.2, -0.15) is 0 Å². The number of hydrogen-bond acceptors (Lipinski definition) is 2. The summed E-state index contributed by atoms with van der Waals surface area (Å²) >= 11 is 1.93. The van der Waals surface area contributed by atoms with Crippen LogP contribution in [0, 0.1) is 5.92 Å². The summed E-state index contributed by atoms with van der Waals surface area (Å²) in [6.07, 6.45) is 0. The zero-order valence-electron chi connectivity index (χ0n) is 9.16. The third kappa shape index (κ3) is 3.35. The van der Waals surface area contributed by atoms with E-state index >= 15 is 0 Å². The molecule has 1 rings (SSSR count). The molecule has 0 heterocycles. The molecule has 1 unspecified atom stereocenters. The van der Waals surface area contributed by atoms with Crippen LogP contribution in [0.3, 0.4) is 0 Å². The molecule has 0 aromatic heterocycles. The first-order chi connectivity index (χ1) is 6.63. The molecule has 78 valence electrons. The van der Waals surface area contributed by atoms with Crippen molar-refractivity contribution in [3.8, 4) is 0 Å². The molecule has 14 heavy (non-hydrogen) atoms. The zero-order valence-corrected chi connectivity index (χ0v) is 9.97. The van der Waals surface area contributed by atoms with Gasteiger partial charge in [0.2, 0.25) is 0 Å². The molecule has 1 nitrogen and oxygen atoms in total. The van der Waals surface area contributed by atoms with Gasteiger partial charge in [-0.05, 0) is 23.6 Å². The number of nitrogens with two attached hydrogens (primary N) is 1. The first-order valence-corrected chi connectivity index (χ1v) is 5.97. The molecule has 0 radical (unpaired) electrons. The molecular weight excluding hydrogens is 190 g/mol. The summed E-state index contributed by atoms with van der Waals surface area (Å²) in [5.74, 6) is 0.710. The van der Waals surface area contributed by atoms with Crippen LogP contribution in [0.4, 0.5) is 0 Å². The van der Waals surface area contributed by atoms with E-state index in [1.807, 2.05) is 11.8 Å². The monoisotopic (exact) mass is 209 g/mol. The van der Waals surface area contributed by atoms with E-state index in [0.717, 1.165) is 0 Å².